The van der Waals surface area contributed by atoms with Crippen LogP contribution in [-0.4, -0.2) is 10.9 Å². The van der Waals surface area contributed by atoms with Crippen LogP contribution in [0.15, 0.2) is 22.6 Å². The molecule has 4 nitrogen and oxygen atoms in total. The molecule has 0 bridgehead atoms. The summed E-state index contributed by atoms with van der Waals surface area (Å²) >= 11 is 0. The number of aryl methyl sites for hydroxylation is 1. The number of hydrogen-bond donors (Lipinski definition) is 1. The number of fused-ring (bicyclic) bond motifs is 1. The zero-order valence-corrected chi connectivity index (χ0v) is 12.1. The zero-order chi connectivity index (χ0) is 14.3. The molecule has 1 amide bonds. The summed E-state index contributed by atoms with van der Waals surface area (Å²) in [4.78, 5) is 15.3. The summed E-state index contributed by atoms with van der Waals surface area (Å²) in [6.45, 7) is 7.62. The van der Waals surface area contributed by atoms with Crippen LogP contribution in [0.4, 0.5) is 5.69 Å². The lowest BCUT2D eigenvalue weighted by atomic mass is 10.2. The van der Waals surface area contributed by atoms with Crippen molar-refractivity contribution in [1.29, 1.82) is 0 Å². The van der Waals surface area contributed by atoms with Crippen molar-refractivity contribution in [3.8, 4) is 0 Å². The third-order valence-electron chi connectivity index (χ3n) is 2.50. The van der Waals surface area contributed by atoms with Crippen LogP contribution in [0.2, 0.25) is 0 Å². The van der Waals surface area contributed by atoms with Crippen LogP contribution in [0.5, 0.6) is 0 Å². The molecule has 0 aliphatic carbocycles. The van der Waals surface area contributed by atoms with Crippen molar-refractivity contribution < 1.29 is 9.21 Å². The van der Waals surface area contributed by atoms with Gasteiger partial charge in [-0.15, -0.1) is 0 Å². The van der Waals surface area contributed by atoms with Crippen LogP contribution >= 0.6 is 0 Å². The molecule has 1 aromatic heterocycles. The topological polar surface area (TPSA) is 55.1 Å². The van der Waals surface area contributed by atoms with Gasteiger partial charge in [-0.1, -0.05) is 27.2 Å². The summed E-state index contributed by atoms with van der Waals surface area (Å²) in [6.07, 6.45) is 3.06. The Kier molecular flexibility index (Phi) is 6.06. The minimum Gasteiger partial charge on any atom is -0.441 e. The lowest BCUT2D eigenvalue weighted by molar-refractivity contribution is -0.114. The second-order valence-electron chi connectivity index (χ2n) is 4.07. The van der Waals surface area contributed by atoms with Crippen molar-refractivity contribution in [1.82, 2.24) is 4.98 Å². The second-order valence-corrected chi connectivity index (χ2v) is 4.07. The Morgan fingerprint density at radius 1 is 1.37 bits per heavy atom. The summed E-state index contributed by atoms with van der Waals surface area (Å²) in [5, 5.41) is 2.73. The average molecular weight is 262 g/mol. The smallest absolute Gasteiger partial charge is 0.221 e. The van der Waals surface area contributed by atoms with Crippen molar-refractivity contribution in [3.63, 3.8) is 0 Å². The van der Waals surface area contributed by atoms with Gasteiger partial charge in [0.05, 0.1) is 0 Å². The second kappa shape index (κ2) is 7.56. The Bertz CT molecular complexity index is 532. The Labute approximate surface area is 114 Å². The lowest BCUT2D eigenvalue weighted by Crippen LogP contribution is -2.05. The van der Waals surface area contributed by atoms with Crippen LogP contribution in [0.25, 0.3) is 11.1 Å². The summed E-state index contributed by atoms with van der Waals surface area (Å²) in [7, 11) is 0. The van der Waals surface area contributed by atoms with Gasteiger partial charge in [0.15, 0.2) is 11.5 Å². The molecule has 2 aromatic rings. The molecule has 104 valence electrons. The first kappa shape index (κ1) is 15.2. The molecular weight excluding hydrogens is 240 g/mol. The highest BCUT2D eigenvalue weighted by atomic mass is 16.3. The van der Waals surface area contributed by atoms with E-state index in [0.29, 0.717) is 0 Å². The van der Waals surface area contributed by atoms with Crippen molar-refractivity contribution in [2.45, 2.75) is 47.0 Å². The van der Waals surface area contributed by atoms with Gasteiger partial charge in [0, 0.05) is 19.0 Å². The third kappa shape index (κ3) is 4.39. The van der Waals surface area contributed by atoms with Gasteiger partial charge in [-0.2, -0.15) is 0 Å². The molecule has 1 heterocycles. The lowest BCUT2D eigenvalue weighted by Gasteiger charge is -1.99. The van der Waals surface area contributed by atoms with Crippen molar-refractivity contribution in [2.75, 3.05) is 5.32 Å². The van der Waals surface area contributed by atoms with E-state index in [-0.39, 0.29) is 5.91 Å². The Balaban J connectivity index is 0.000000861. The Morgan fingerprint density at radius 3 is 2.74 bits per heavy atom. The number of carbonyl (C=O) groups is 1. The normalized spacial score (nSPS) is 9.89. The molecule has 1 aromatic carbocycles. The molecule has 0 saturated carbocycles. The van der Waals surface area contributed by atoms with E-state index in [1.54, 1.807) is 0 Å². The van der Waals surface area contributed by atoms with Gasteiger partial charge >= 0.3 is 0 Å². The summed E-state index contributed by atoms with van der Waals surface area (Å²) in [5.41, 5.74) is 2.31. The molecular formula is C15H22N2O2. The van der Waals surface area contributed by atoms with E-state index < -0.39 is 0 Å². The first-order valence-electron chi connectivity index (χ1n) is 6.86. The first-order chi connectivity index (χ1) is 9.19. The van der Waals surface area contributed by atoms with E-state index in [0.717, 1.165) is 41.9 Å². The molecule has 2 rings (SSSR count). The minimum absolute atomic E-state index is 0.0842. The number of anilines is 1. The summed E-state index contributed by atoms with van der Waals surface area (Å²) in [5.74, 6) is 0.681. The van der Waals surface area contributed by atoms with Gasteiger partial charge < -0.3 is 9.73 Å². The quantitative estimate of drug-likeness (QED) is 0.900. The highest BCUT2D eigenvalue weighted by Crippen LogP contribution is 2.20. The fraction of sp³-hybridized carbons (Fsp3) is 0.467. The van der Waals surface area contributed by atoms with Crippen LogP contribution in [-0.2, 0) is 11.2 Å². The molecule has 19 heavy (non-hydrogen) atoms. The van der Waals surface area contributed by atoms with Crippen LogP contribution in [0.3, 0.4) is 0 Å². The van der Waals surface area contributed by atoms with E-state index in [1.165, 1.54) is 6.92 Å². The molecule has 4 heteroatoms. The van der Waals surface area contributed by atoms with Gasteiger partial charge in [-0.25, -0.2) is 4.98 Å². The number of nitrogens with one attached hydrogen (secondary N) is 1. The number of rotatable bonds is 4. The molecule has 0 fully saturated rings. The van der Waals surface area contributed by atoms with Gasteiger partial charge in [0.1, 0.15) is 5.52 Å². The van der Waals surface area contributed by atoms with Gasteiger partial charge in [-0.05, 0) is 24.6 Å². The van der Waals surface area contributed by atoms with Crippen LogP contribution in [0.1, 0.15) is 46.4 Å². The SMILES string of the molecule is CC.CCCCc1nc2cc(NC(C)=O)ccc2o1. The molecule has 1 N–H and O–H groups in total. The number of benzene rings is 1. The predicted octanol–water partition coefficient (Wildman–Crippen LogP) is 4.16. The number of unbranched alkanes of at least 4 members (excludes halogenated alkanes) is 1. The Hall–Kier alpha value is -1.84. The number of nitrogens with zero attached hydrogens (tertiary/aromatic N) is 1. The maximum Gasteiger partial charge on any atom is 0.221 e. The highest BCUT2D eigenvalue weighted by molar-refractivity contribution is 5.91. The molecule has 0 saturated heterocycles. The standard InChI is InChI=1S/C13H16N2O2.C2H6/c1-3-4-5-13-15-11-8-10(14-9(2)16)6-7-12(11)17-13;1-2/h6-8H,3-5H2,1-2H3,(H,14,16);1-2H3. The monoisotopic (exact) mass is 262 g/mol. The van der Waals surface area contributed by atoms with E-state index in [1.807, 2.05) is 32.0 Å². The number of carbonyl (C=O) groups excluding carboxylic acids is 1. The van der Waals surface area contributed by atoms with Gasteiger partial charge in [0.2, 0.25) is 5.91 Å². The average Bonchev–Trinajstić information content (AvgIpc) is 2.80. The third-order valence-corrected chi connectivity index (χ3v) is 2.50. The van der Waals surface area contributed by atoms with Gasteiger partial charge in [0.25, 0.3) is 0 Å². The molecule has 0 radical (unpaired) electrons. The van der Waals surface area contributed by atoms with E-state index in [4.69, 9.17) is 4.42 Å². The molecule has 0 atom stereocenters. The van der Waals surface area contributed by atoms with Crippen molar-refractivity contribution in [2.24, 2.45) is 0 Å². The van der Waals surface area contributed by atoms with E-state index in [2.05, 4.69) is 17.2 Å². The number of oxazole rings is 1. The minimum atomic E-state index is -0.0842. The van der Waals surface area contributed by atoms with E-state index in [9.17, 15) is 4.79 Å². The maximum atomic E-state index is 10.9. The van der Waals surface area contributed by atoms with E-state index >= 15 is 0 Å². The summed E-state index contributed by atoms with van der Waals surface area (Å²) < 4.78 is 5.61. The Morgan fingerprint density at radius 2 is 2.11 bits per heavy atom. The fourth-order valence-corrected chi connectivity index (χ4v) is 1.69. The number of aromatic nitrogens is 1. The molecule has 0 spiro atoms. The first-order valence-corrected chi connectivity index (χ1v) is 6.86. The van der Waals surface area contributed by atoms with Crippen LogP contribution < -0.4 is 5.32 Å². The largest absolute Gasteiger partial charge is 0.441 e. The van der Waals surface area contributed by atoms with Crippen LogP contribution in [0, 0.1) is 0 Å². The molecule has 0 unspecified atom stereocenters. The van der Waals surface area contributed by atoms with Crippen molar-refractivity contribution in [3.05, 3.63) is 24.1 Å². The highest BCUT2D eigenvalue weighted by Gasteiger charge is 2.06. The maximum absolute atomic E-state index is 10.9. The molecule has 0 aliphatic heterocycles. The number of amides is 1. The molecule has 0 aliphatic rings. The predicted molar refractivity (Wildman–Crippen MR) is 78.3 cm³/mol. The summed E-state index contributed by atoms with van der Waals surface area (Å²) in [6, 6.07) is 5.48. The van der Waals surface area contributed by atoms with Gasteiger partial charge in [-0.3, -0.25) is 4.79 Å². The van der Waals surface area contributed by atoms with Crippen molar-refractivity contribution >= 4 is 22.7 Å². The zero-order valence-electron chi connectivity index (χ0n) is 12.1. The number of hydrogen-bond acceptors (Lipinski definition) is 3. The fourth-order valence-electron chi connectivity index (χ4n) is 1.69.